The first-order valence-corrected chi connectivity index (χ1v) is 7.99. The summed E-state index contributed by atoms with van der Waals surface area (Å²) in [6, 6.07) is 3.35. The molecule has 1 unspecified atom stereocenters. The maximum absolute atomic E-state index is 12.5. The lowest BCUT2D eigenvalue weighted by atomic mass is 9.96. The van der Waals surface area contributed by atoms with Crippen molar-refractivity contribution in [3.05, 3.63) is 36.3 Å². The molecule has 1 aromatic rings. The fourth-order valence-electron chi connectivity index (χ4n) is 3.24. The molecular weight excluding hydrogens is 280 g/mol. The van der Waals surface area contributed by atoms with Crippen molar-refractivity contribution >= 4 is 11.8 Å². The molecule has 0 spiro atoms. The van der Waals surface area contributed by atoms with Gasteiger partial charge in [-0.1, -0.05) is 12.2 Å². The summed E-state index contributed by atoms with van der Waals surface area (Å²) in [6.07, 6.45) is 9.47. The second-order valence-corrected chi connectivity index (χ2v) is 6.12. The van der Waals surface area contributed by atoms with Gasteiger partial charge in [-0.05, 0) is 43.7 Å². The van der Waals surface area contributed by atoms with Crippen LogP contribution in [0, 0.1) is 11.8 Å². The Labute approximate surface area is 130 Å². The Balaban J connectivity index is 1.48. The Bertz CT molecular complexity index is 542. The summed E-state index contributed by atoms with van der Waals surface area (Å²) in [6.45, 7) is 2.18. The summed E-state index contributed by atoms with van der Waals surface area (Å²) >= 11 is 0. The molecule has 2 aliphatic rings. The monoisotopic (exact) mass is 302 g/mol. The summed E-state index contributed by atoms with van der Waals surface area (Å²) in [5.41, 5.74) is 0. The predicted octanol–water partition coefficient (Wildman–Crippen LogP) is 2.21. The van der Waals surface area contributed by atoms with Gasteiger partial charge in [0.2, 0.25) is 5.91 Å². The average Bonchev–Trinajstić information content (AvgIpc) is 3.25. The van der Waals surface area contributed by atoms with Crippen LogP contribution < -0.4 is 5.32 Å². The van der Waals surface area contributed by atoms with E-state index in [9.17, 15) is 9.59 Å². The molecule has 3 rings (SSSR count). The molecule has 0 saturated carbocycles. The van der Waals surface area contributed by atoms with E-state index in [0.29, 0.717) is 18.2 Å². The third-order valence-corrected chi connectivity index (χ3v) is 4.48. The standard InChI is InChI=1S/C17H22N2O3/c20-16(15-8-4-10-22-15)18-11-13-5-3-9-19(12-13)17(21)14-6-1-2-7-14/h1-2,4,8,10,13-14H,3,5-7,9,11-12H2,(H,18,20). The van der Waals surface area contributed by atoms with Gasteiger partial charge in [0.05, 0.1) is 6.26 Å². The van der Waals surface area contributed by atoms with Gasteiger partial charge < -0.3 is 14.6 Å². The van der Waals surface area contributed by atoms with E-state index in [-0.39, 0.29) is 17.7 Å². The van der Waals surface area contributed by atoms with Crippen LogP contribution in [0.2, 0.25) is 0 Å². The number of amides is 2. The number of hydrogen-bond acceptors (Lipinski definition) is 3. The lowest BCUT2D eigenvalue weighted by Gasteiger charge is -2.34. The quantitative estimate of drug-likeness (QED) is 0.867. The number of allylic oxidation sites excluding steroid dienone is 2. The van der Waals surface area contributed by atoms with Gasteiger partial charge in [-0.25, -0.2) is 0 Å². The van der Waals surface area contributed by atoms with Crippen LogP contribution in [0.5, 0.6) is 0 Å². The smallest absolute Gasteiger partial charge is 0.286 e. The molecule has 1 aliphatic heterocycles. The Morgan fingerprint density at radius 1 is 1.32 bits per heavy atom. The molecule has 0 bridgehead atoms. The summed E-state index contributed by atoms with van der Waals surface area (Å²) < 4.78 is 5.08. The van der Waals surface area contributed by atoms with E-state index in [0.717, 1.165) is 38.8 Å². The van der Waals surface area contributed by atoms with Crippen molar-refractivity contribution < 1.29 is 14.0 Å². The zero-order valence-electron chi connectivity index (χ0n) is 12.7. The number of furan rings is 1. The number of nitrogens with one attached hydrogen (secondary N) is 1. The van der Waals surface area contributed by atoms with Crippen LogP contribution in [0.15, 0.2) is 35.0 Å². The highest BCUT2D eigenvalue weighted by atomic mass is 16.3. The molecule has 0 aromatic carbocycles. The Hall–Kier alpha value is -2.04. The summed E-state index contributed by atoms with van der Waals surface area (Å²) in [4.78, 5) is 26.3. The van der Waals surface area contributed by atoms with Crippen LogP contribution in [0.3, 0.4) is 0 Å². The molecule has 0 radical (unpaired) electrons. The predicted molar refractivity (Wildman–Crippen MR) is 82.2 cm³/mol. The molecule has 1 atom stereocenters. The van der Waals surface area contributed by atoms with Crippen LogP contribution in [0.4, 0.5) is 0 Å². The molecule has 2 amide bonds. The van der Waals surface area contributed by atoms with Crippen molar-refractivity contribution in [2.75, 3.05) is 19.6 Å². The Kier molecular flexibility index (Phi) is 4.61. The second-order valence-electron chi connectivity index (χ2n) is 6.12. The van der Waals surface area contributed by atoms with Gasteiger partial charge in [-0.2, -0.15) is 0 Å². The van der Waals surface area contributed by atoms with Gasteiger partial charge in [0.1, 0.15) is 0 Å². The van der Waals surface area contributed by atoms with Crippen molar-refractivity contribution in [3.8, 4) is 0 Å². The number of hydrogen-bond donors (Lipinski definition) is 1. The number of nitrogens with zero attached hydrogens (tertiary/aromatic N) is 1. The fourth-order valence-corrected chi connectivity index (χ4v) is 3.24. The van der Waals surface area contributed by atoms with E-state index in [1.165, 1.54) is 6.26 Å². The van der Waals surface area contributed by atoms with Gasteiger partial charge in [-0.3, -0.25) is 9.59 Å². The van der Waals surface area contributed by atoms with Crippen molar-refractivity contribution in [1.29, 1.82) is 0 Å². The van der Waals surface area contributed by atoms with E-state index < -0.39 is 0 Å². The number of likely N-dealkylation sites (tertiary alicyclic amines) is 1. The number of rotatable bonds is 4. The average molecular weight is 302 g/mol. The first-order chi connectivity index (χ1) is 10.7. The van der Waals surface area contributed by atoms with E-state index in [1.54, 1.807) is 12.1 Å². The molecule has 5 heteroatoms. The third-order valence-electron chi connectivity index (χ3n) is 4.48. The third kappa shape index (κ3) is 3.40. The van der Waals surface area contributed by atoms with Crippen molar-refractivity contribution in [1.82, 2.24) is 10.2 Å². The van der Waals surface area contributed by atoms with Crippen molar-refractivity contribution in [3.63, 3.8) is 0 Å². The van der Waals surface area contributed by atoms with Crippen LogP contribution in [-0.2, 0) is 4.79 Å². The van der Waals surface area contributed by atoms with Crippen LogP contribution in [0.1, 0.15) is 36.2 Å². The van der Waals surface area contributed by atoms with Gasteiger partial charge in [0, 0.05) is 25.6 Å². The highest BCUT2D eigenvalue weighted by molar-refractivity contribution is 5.91. The number of piperidine rings is 1. The zero-order valence-corrected chi connectivity index (χ0v) is 12.7. The molecule has 1 fully saturated rings. The SMILES string of the molecule is O=C(NCC1CCCN(C(=O)C2CC=CC2)C1)c1ccco1. The first-order valence-electron chi connectivity index (χ1n) is 7.99. The lowest BCUT2D eigenvalue weighted by Crippen LogP contribution is -2.45. The van der Waals surface area contributed by atoms with Gasteiger partial charge in [0.15, 0.2) is 5.76 Å². The molecular formula is C17H22N2O3. The van der Waals surface area contributed by atoms with E-state index >= 15 is 0 Å². The molecule has 2 heterocycles. The minimum Gasteiger partial charge on any atom is -0.459 e. The number of carbonyl (C=O) groups is 2. The minimum absolute atomic E-state index is 0.136. The van der Waals surface area contributed by atoms with Crippen LogP contribution >= 0.6 is 0 Å². The Morgan fingerprint density at radius 3 is 2.86 bits per heavy atom. The summed E-state index contributed by atoms with van der Waals surface area (Å²) in [5.74, 6) is 0.878. The largest absolute Gasteiger partial charge is 0.459 e. The molecule has 118 valence electrons. The van der Waals surface area contributed by atoms with Gasteiger partial charge in [-0.15, -0.1) is 0 Å². The summed E-state index contributed by atoms with van der Waals surface area (Å²) in [7, 11) is 0. The van der Waals surface area contributed by atoms with E-state index in [4.69, 9.17) is 4.42 Å². The van der Waals surface area contributed by atoms with Crippen molar-refractivity contribution in [2.45, 2.75) is 25.7 Å². The van der Waals surface area contributed by atoms with E-state index in [1.807, 2.05) is 4.90 Å². The Morgan fingerprint density at radius 2 is 2.14 bits per heavy atom. The van der Waals surface area contributed by atoms with E-state index in [2.05, 4.69) is 17.5 Å². The summed E-state index contributed by atoms with van der Waals surface area (Å²) in [5, 5.41) is 2.90. The molecule has 22 heavy (non-hydrogen) atoms. The molecule has 1 saturated heterocycles. The van der Waals surface area contributed by atoms with Gasteiger partial charge >= 0.3 is 0 Å². The highest BCUT2D eigenvalue weighted by Gasteiger charge is 2.29. The second kappa shape index (κ2) is 6.81. The molecule has 1 aromatic heterocycles. The normalized spacial score (nSPS) is 22.0. The molecule has 1 aliphatic carbocycles. The van der Waals surface area contributed by atoms with Crippen LogP contribution in [-0.4, -0.2) is 36.3 Å². The molecule has 5 nitrogen and oxygen atoms in total. The first kappa shape index (κ1) is 14.9. The fraction of sp³-hybridized carbons (Fsp3) is 0.529. The van der Waals surface area contributed by atoms with Crippen molar-refractivity contribution in [2.24, 2.45) is 11.8 Å². The zero-order chi connectivity index (χ0) is 15.4. The maximum atomic E-state index is 12.5. The lowest BCUT2D eigenvalue weighted by molar-refractivity contribution is -0.136. The minimum atomic E-state index is -0.187. The molecule has 1 N–H and O–H groups in total. The topological polar surface area (TPSA) is 62.6 Å². The van der Waals surface area contributed by atoms with Gasteiger partial charge in [0.25, 0.3) is 5.91 Å². The number of carbonyl (C=O) groups excluding carboxylic acids is 2. The maximum Gasteiger partial charge on any atom is 0.286 e. The van der Waals surface area contributed by atoms with Crippen LogP contribution in [0.25, 0.3) is 0 Å². The highest BCUT2D eigenvalue weighted by Crippen LogP contribution is 2.24.